The maximum atomic E-state index is 6.71. The number of aromatic nitrogens is 1. The lowest BCUT2D eigenvalue weighted by Crippen LogP contribution is -2.21. The smallest absolute Gasteiger partial charge is 0.147 e. The summed E-state index contributed by atoms with van der Waals surface area (Å²) in [7, 11) is 0. The van der Waals surface area contributed by atoms with Crippen molar-refractivity contribution in [2.75, 3.05) is 15.1 Å². The highest BCUT2D eigenvalue weighted by atomic mass is 16.3. The van der Waals surface area contributed by atoms with Crippen molar-refractivity contribution >= 4 is 89.2 Å². The van der Waals surface area contributed by atoms with Gasteiger partial charge in [0.05, 0.1) is 28.3 Å². The zero-order valence-corrected chi connectivity index (χ0v) is 32.0. The second-order valence-electron chi connectivity index (χ2n) is 15.1. The van der Waals surface area contributed by atoms with Gasteiger partial charge in [-0.2, -0.15) is 0 Å². The summed E-state index contributed by atoms with van der Waals surface area (Å²) in [6, 6.07) is 75.6. The average Bonchev–Trinajstić information content (AvgIpc) is 3.84. The van der Waals surface area contributed by atoms with Crippen molar-refractivity contribution in [2.24, 2.45) is 0 Å². The highest BCUT2D eigenvalue weighted by Crippen LogP contribution is 2.54. The second kappa shape index (κ2) is 13.3. The fraction of sp³-hybridized carbons (Fsp3) is 0. The number of nitrogens with one attached hydrogen (secondary N) is 1. The minimum Gasteiger partial charge on any atom is -0.456 e. The lowest BCUT2D eigenvalue weighted by molar-refractivity contribution is 0.669. The third-order valence-electron chi connectivity index (χ3n) is 11.7. The molecule has 0 atom stereocenters. The van der Waals surface area contributed by atoms with Crippen LogP contribution in [0.25, 0.3) is 60.4 Å². The SMILES string of the molecule is c1ccc(-c2ccc3c(c2)oc2cc(N(c4ccc5c(c4)N(c4ccccc4)c4c(c6ccccc6n4-c4ccccc4)N5)c4cccc5ccccc45)ccc23)cc1. The minimum absolute atomic E-state index is 0.843. The van der Waals surface area contributed by atoms with Gasteiger partial charge in [0.2, 0.25) is 0 Å². The number of hydrogen-bond acceptors (Lipinski definition) is 4. The van der Waals surface area contributed by atoms with E-state index >= 15 is 0 Å². The van der Waals surface area contributed by atoms with Crippen molar-refractivity contribution in [3.05, 3.63) is 212 Å². The molecular formula is C54H36N4O. The van der Waals surface area contributed by atoms with Gasteiger partial charge >= 0.3 is 0 Å². The third-order valence-corrected chi connectivity index (χ3v) is 11.7. The van der Waals surface area contributed by atoms with Crippen LogP contribution in [0, 0.1) is 0 Å². The molecule has 0 aliphatic carbocycles. The van der Waals surface area contributed by atoms with Crippen molar-refractivity contribution in [3.8, 4) is 16.8 Å². The van der Waals surface area contributed by atoms with Crippen LogP contribution in [0.3, 0.4) is 0 Å². The Morgan fingerprint density at radius 1 is 0.441 bits per heavy atom. The summed E-state index contributed by atoms with van der Waals surface area (Å²) in [5.41, 5.74) is 13.6. The molecule has 0 fully saturated rings. The van der Waals surface area contributed by atoms with Crippen molar-refractivity contribution in [1.29, 1.82) is 0 Å². The van der Waals surface area contributed by atoms with Gasteiger partial charge in [0.15, 0.2) is 0 Å². The quantitative estimate of drug-likeness (QED) is 0.183. The Morgan fingerprint density at radius 3 is 1.88 bits per heavy atom. The molecule has 5 heteroatoms. The van der Waals surface area contributed by atoms with Gasteiger partial charge in [0.25, 0.3) is 0 Å². The van der Waals surface area contributed by atoms with Gasteiger partial charge in [-0.1, -0.05) is 127 Å². The Labute approximate surface area is 341 Å². The molecule has 59 heavy (non-hydrogen) atoms. The number of benzene rings is 9. The molecule has 0 saturated carbocycles. The number of fused-ring (bicyclic) bond motifs is 8. The molecule has 3 heterocycles. The summed E-state index contributed by atoms with van der Waals surface area (Å²) in [5.74, 6) is 1.06. The first-order valence-electron chi connectivity index (χ1n) is 20.0. The fourth-order valence-electron chi connectivity index (χ4n) is 8.98. The first-order valence-corrected chi connectivity index (χ1v) is 20.0. The van der Waals surface area contributed by atoms with E-state index in [0.717, 1.165) is 95.1 Å². The molecule has 1 N–H and O–H groups in total. The molecule has 0 bridgehead atoms. The van der Waals surface area contributed by atoms with Gasteiger partial charge in [-0.15, -0.1) is 0 Å². The van der Waals surface area contributed by atoms with E-state index in [9.17, 15) is 0 Å². The molecule has 11 aromatic rings. The largest absolute Gasteiger partial charge is 0.456 e. The molecule has 2 aromatic heterocycles. The van der Waals surface area contributed by atoms with Crippen molar-refractivity contribution in [1.82, 2.24) is 4.57 Å². The van der Waals surface area contributed by atoms with E-state index in [4.69, 9.17) is 4.42 Å². The number of anilines is 8. The third kappa shape index (κ3) is 5.33. The van der Waals surface area contributed by atoms with Gasteiger partial charge in [0, 0.05) is 50.4 Å². The Kier molecular flexibility index (Phi) is 7.47. The highest BCUT2D eigenvalue weighted by molar-refractivity contribution is 6.12. The molecule has 0 unspecified atom stereocenters. The van der Waals surface area contributed by atoms with Crippen molar-refractivity contribution < 1.29 is 4.42 Å². The Balaban J connectivity index is 1.08. The average molecular weight is 757 g/mol. The first kappa shape index (κ1) is 33.2. The number of para-hydroxylation sites is 3. The molecule has 0 spiro atoms. The number of nitrogens with zero attached hydrogens (tertiary/aromatic N) is 3. The zero-order chi connectivity index (χ0) is 38.9. The van der Waals surface area contributed by atoms with E-state index in [2.05, 4.69) is 226 Å². The van der Waals surface area contributed by atoms with Crippen LogP contribution < -0.4 is 15.1 Å². The van der Waals surface area contributed by atoms with Gasteiger partial charge in [-0.25, -0.2) is 0 Å². The molecule has 278 valence electrons. The number of rotatable bonds is 6. The van der Waals surface area contributed by atoms with Gasteiger partial charge in [-0.3, -0.25) is 9.47 Å². The summed E-state index contributed by atoms with van der Waals surface area (Å²) in [5, 5.41) is 9.60. The molecule has 0 saturated heterocycles. The molecule has 1 aliphatic rings. The monoisotopic (exact) mass is 756 g/mol. The number of furan rings is 1. The molecule has 0 radical (unpaired) electrons. The predicted octanol–water partition coefficient (Wildman–Crippen LogP) is 15.3. The number of hydrogen-bond donors (Lipinski definition) is 1. The molecule has 9 aromatic carbocycles. The standard InChI is InChI=1S/C54H36N4O/c1-4-15-36(16-5-1)38-27-30-44-45-31-28-42(35-52(45)59-51(44)33-38)56(48-26-14-18-37-17-10-11-23-43(37)48)41-29-32-47-50(34-41)58(40-21-8-3-9-22-40)54-53(55-47)46-24-12-13-25-49(46)57(54)39-19-6-2-7-20-39/h1-35,55H. The van der Waals surface area contributed by atoms with E-state index in [1.807, 2.05) is 6.07 Å². The molecule has 12 rings (SSSR count). The van der Waals surface area contributed by atoms with Crippen LogP contribution in [0.1, 0.15) is 0 Å². The predicted molar refractivity (Wildman–Crippen MR) is 246 cm³/mol. The minimum atomic E-state index is 0.843. The molecule has 1 aliphatic heterocycles. The molecule has 5 nitrogen and oxygen atoms in total. The van der Waals surface area contributed by atoms with Crippen LogP contribution in [-0.2, 0) is 0 Å². The molecular weight excluding hydrogens is 721 g/mol. The van der Waals surface area contributed by atoms with Crippen LogP contribution in [0.5, 0.6) is 0 Å². The summed E-state index contributed by atoms with van der Waals surface area (Å²) in [6.45, 7) is 0. The lowest BCUT2D eigenvalue weighted by atomic mass is 10.0. The van der Waals surface area contributed by atoms with Gasteiger partial charge in [0.1, 0.15) is 17.0 Å². The highest BCUT2D eigenvalue weighted by Gasteiger charge is 2.32. The van der Waals surface area contributed by atoms with Gasteiger partial charge in [-0.05, 0) is 95.4 Å². The Hall–Kier alpha value is -8.02. The maximum Gasteiger partial charge on any atom is 0.147 e. The molecule has 0 amide bonds. The van der Waals surface area contributed by atoms with Crippen LogP contribution >= 0.6 is 0 Å². The summed E-state index contributed by atoms with van der Waals surface area (Å²) < 4.78 is 9.08. The van der Waals surface area contributed by atoms with E-state index in [1.165, 1.54) is 10.9 Å². The topological polar surface area (TPSA) is 36.6 Å². The van der Waals surface area contributed by atoms with E-state index in [0.29, 0.717) is 0 Å². The Bertz CT molecular complexity index is 3360. The van der Waals surface area contributed by atoms with Crippen molar-refractivity contribution in [2.45, 2.75) is 0 Å². The first-order chi connectivity index (χ1) is 29.3. The van der Waals surface area contributed by atoms with E-state index in [-0.39, 0.29) is 0 Å². The second-order valence-corrected chi connectivity index (χ2v) is 15.1. The van der Waals surface area contributed by atoms with Crippen LogP contribution in [-0.4, -0.2) is 4.57 Å². The fourth-order valence-corrected chi connectivity index (χ4v) is 8.98. The zero-order valence-electron chi connectivity index (χ0n) is 32.0. The van der Waals surface area contributed by atoms with Crippen LogP contribution in [0.2, 0.25) is 0 Å². The van der Waals surface area contributed by atoms with Crippen LogP contribution in [0.15, 0.2) is 217 Å². The normalized spacial score (nSPS) is 12.2. The van der Waals surface area contributed by atoms with Crippen LogP contribution in [0.4, 0.5) is 45.6 Å². The lowest BCUT2D eigenvalue weighted by Gasteiger charge is -2.35. The van der Waals surface area contributed by atoms with E-state index in [1.54, 1.807) is 0 Å². The van der Waals surface area contributed by atoms with Crippen molar-refractivity contribution in [3.63, 3.8) is 0 Å². The summed E-state index contributed by atoms with van der Waals surface area (Å²) in [4.78, 5) is 4.78. The maximum absolute atomic E-state index is 6.71. The van der Waals surface area contributed by atoms with Gasteiger partial charge < -0.3 is 14.6 Å². The summed E-state index contributed by atoms with van der Waals surface area (Å²) >= 11 is 0. The van der Waals surface area contributed by atoms with E-state index < -0.39 is 0 Å². The Morgan fingerprint density at radius 2 is 1.07 bits per heavy atom. The summed E-state index contributed by atoms with van der Waals surface area (Å²) in [6.07, 6.45) is 0.